The molecular formula is C14H10Cl2N3NaO6S. The number of anilines is 1. The van der Waals surface area contributed by atoms with E-state index >= 15 is 0 Å². The Kier molecular flexibility index (Phi) is 6.63. The zero-order valence-electron chi connectivity index (χ0n) is 14.0. The maximum absolute atomic E-state index is 12.3. The van der Waals surface area contributed by atoms with Gasteiger partial charge in [-0.3, -0.25) is 9.59 Å². The van der Waals surface area contributed by atoms with Crippen molar-refractivity contribution in [1.82, 2.24) is 9.46 Å². The molecule has 3 rings (SSSR count). The molecule has 1 unspecified atom stereocenters. The van der Waals surface area contributed by atoms with Crippen LogP contribution in [-0.4, -0.2) is 40.8 Å². The molecular weight excluding hydrogens is 432 g/mol. The first-order valence-corrected chi connectivity index (χ1v) is 9.22. The van der Waals surface area contributed by atoms with E-state index in [2.05, 4.69) is 10.5 Å². The number of aromatic nitrogens is 1. The standard InChI is InChI=1S/C14H11Cl2N3O6S.Na/c1-6-11(12(18-25-6)10-8(15)3-2-4-9(10)16)17-13(20)7-5-19(14(7)21)26(22,23)24;/h2-4,7H,5H2,1H3,(H,17,20)(H,22,23,24);/q;+1/p-1. The fraction of sp³-hybridized carbons (Fsp3) is 0.214. The van der Waals surface area contributed by atoms with Gasteiger partial charge in [0, 0.05) is 5.56 Å². The van der Waals surface area contributed by atoms with Crippen LogP contribution < -0.4 is 34.9 Å². The molecule has 1 N–H and O–H groups in total. The van der Waals surface area contributed by atoms with Crippen molar-refractivity contribution in [3.05, 3.63) is 34.0 Å². The summed E-state index contributed by atoms with van der Waals surface area (Å²) in [5, 5.41) is 6.83. The molecule has 1 aliphatic rings. The van der Waals surface area contributed by atoms with Crippen molar-refractivity contribution >= 4 is 51.0 Å². The molecule has 13 heteroatoms. The van der Waals surface area contributed by atoms with Gasteiger partial charge < -0.3 is 14.4 Å². The number of halogens is 2. The average Bonchev–Trinajstić information content (AvgIpc) is 2.85. The number of carbonyl (C=O) groups excluding carboxylic acids is 2. The first-order chi connectivity index (χ1) is 12.1. The summed E-state index contributed by atoms with van der Waals surface area (Å²) in [7, 11) is -4.93. The van der Waals surface area contributed by atoms with Gasteiger partial charge in [-0.15, -0.1) is 0 Å². The zero-order valence-corrected chi connectivity index (χ0v) is 18.4. The van der Waals surface area contributed by atoms with Crippen LogP contribution >= 0.6 is 23.2 Å². The number of rotatable bonds is 4. The van der Waals surface area contributed by atoms with Crippen LogP contribution in [0.2, 0.25) is 10.0 Å². The number of amides is 2. The van der Waals surface area contributed by atoms with Gasteiger partial charge in [0.15, 0.2) is 16.1 Å². The summed E-state index contributed by atoms with van der Waals surface area (Å²) in [4.78, 5) is 24.0. The first kappa shape index (κ1) is 22.2. The normalized spacial score (nSPS) is 16.5. The number of carbonyl (C=O) groups is 2. The molecule has 2 amide bonds. The molecule has 1 aromatic carbocycles. The molecule has 138 valence electrons. The van der Waals surface area contributed by atoms with Crippen molar-refractivity contribution in [3.8, 4) is 11.3 Å². The minimum absolute atomic E-state index is 0. The Morgan fingerprint density at radius 1 is 1.37 bits per heavy atom. The van der Waals surface area contributed by atoms with Crippen molar-refractivity contribution in [1.29, 1.82) is 0 Å². The molecule has 0 aliphatic carbocycles. The van der Waals surface area contributed by atoms with Crippen LogP contribution in [0.15, 0.2) is 22.7 Å². The van der Waals surface area contributed by atoms with Crippen LogP contribution in [0.25, 0.3) is 11.3 Å². The number of hydrogen-bond acceptors (Lipinski definition) is 7. The third-order valence-corrected chi connectivity index (χ3v) is 5.29. The minimum Gasteiger partial charge on any atom is -0.731 e. The van der Waals surface area contributed by atoms with Gasteiger partial charge in [0.1, 0.15) is 17.3 Å². The van der Waals surface area contributed by atoms with Crippen molar-refractivity contribution < 1.29 is 56.6 Å². The molecule has 1 aromatic heterocycles. The Labute approximate surface area is 186 Å². The van der Waals surface area contributed by atoms with E-state index in [4.69, 9.17) is 27.7 Å². The van der Waals surface area contributed by atoms with Crippen molar-refractivity contribution in [3.63, 3.8) is 0 Å². The number of benzene rings is 1. The molecule has 2 aromatic rings. The molecule has 1 atom stereocenters. The van der Waals surface area contributed by atoms with Gasteiger partial charge in [0.25, 0.3) is 0 Å². The van der Waals surface area contributed by atoms with Gasteiger partial charge >= 0.3 is 29.6 Å². The van der Waals surface area contributed by atoms with Crippen LogP contribution in [0.5, 0.6) is 0 Å². The van der Waals surface area contributed by atoms with Crippen LogP contribution in [0.1, 0.15) is 5.76 Å². The molecule has 0 saturated carbocycles. The predicted molar refractivity (Wildman–Crippen MR) is 90.2 cm³/mol. The monoisotopic (exact) mass is 441 g/mol. The van der Waals surface area contributed by atoms with E-state index < -0.39 is 34.6 Å². The maximum atomic E-state index is 12.3. The van der Waals surface area contributed by atoms with E-state index in [9.17, 15) is 22.6 Å². The summed E-state index contributed by atoms with van der Waals surface area (Å²) in [5.41, 5.74) is 0.624. The van der Waals surface area contributed by atoms with Crippen LogP contribution in [0.3, 0.4) is 0 Å². The second-order valence-corrected chi connectivity index (χ2v) is 7.54. The molecule has 0 bridgehead atoms. The average molecular weight is 442 g/mol. The van der Waals surface area contributed by atoms with Gasteiger partial charge in [-0.25, -0.2) is 12.7 Å². The number of hydrogen-bond donors (Lipinski definition) is 1. The smallest absolute Gasteiger partial charge is 0.731 e. The third-order valence-electron chi connectivity index (χ3n) is 3.79. The molecule has 1 fully saturated rings. The minimum atomic E-state index is -4.93. The van der Waals surface area contributed by atoms with E-state index in [1.807, 2.05) is 0 Å². The molecule has 27 heavy (non-hydrogen) atoms. The molecule has 9 nitrogen and oxygen atoms in total. The number of β-lactam (4-membered cyclic amide) rings is 1. The molecule has 1 saturated heterocycles. The fourth-order valence-electron chi connectivity index (χ4n) is 2.42. The molecule has 0 radical (unpaired) electrons. The molecule has 2 heterocycles. The fourth-order valence-corrected chi connectivity index (χ4v) is 3.67. The van der Waals surface area contributed by atoms with E-state index in [-0.39, 0.29) is 61.0 Å². The third kappa shape index (κ3) is 4.16. The first-order valence-electron chi connectivity index (χ1n) is 7.10. The summed E-state index contributed by atoms with van der Waals surface area (Å²) in [6.45, 7) is 0.997. The number of nitrogens with one attached hydrogen (secondary N) is 1. The second kappa shape index (κ2) is 8.08. The molecule has 1 aliphatic heterocycles. The Balaban J connectivity index is 0.00000261. The van der Waals surface area contributed by atoms with Gasteiger partial charge in [0.05, 0.1) is 16.6 Å². The summed E-state index contributed by atoms with van der Waals surface area (Å²) in [6, 6.07) is 4.78. The predicted octanol–water partition coefficient (Wildman–Crippen LogP) is -1.18. The van der Waals surface area contributed by atoms with Gasteiger partial charge in [-0.2, -0.15) is 0 Å². The number of nitrogens with zero attached hydrogens (tertiary/aromatic N) is 2. The van der Waals surface area contributed by atoms with Crippen molar-refractivity contribution in [2.45, 2.75) is 6.92 Å². The van der Waals surface area contributed by atoms with Gasteiger partial charge in [0.2, 0.25) is 11.8 Å². The zero-order chi connectivity index (χ0) is 19.2. The van der Waals surface area contributed by atoms with Crippen LogP contribution in [0.4, 0.5) is 5.69 Å². The molecule has 0 spiro atoms. The Morgan fingerprint density at radius 3 is 2.48 bits per heavy atom. The van der Waals surface area contributed by atoms with Crippen LogP contribution in [0, 0.1) is 12.8 Å². The van der Waals surface area contributed by atoms with Crippen LogP contribution in [-0.2, 0) is 19.9 Å². The van der Waals surface area contributed by atoms with Crippen molar-refractivity contribution in [2.75, 3.05) is 11.9 Å². The maximum Gasteiger partial charge on any atom is 1.00 e. The Bertz CT molecular complexity index is 1010. The summed E-state index contributed by atoms with van der Waals surface area (Å²) in [6.07, 6.45) is 0. The summed E-state index contributed by atoms with van der Waals surface area (Å²) >= 11 is 12.3. The second-order valence-electron chi connectivity index (χ2n) is 5.43. The number of aryl methyl sites for hydroxylation is 1. The SMILES string of the molecule is Cc1onc(-c2c(Cl)cccc2Cl)c1NC(=O)C1CN(S(=O)(=O)[O-])C1=O.[Na+]. The summed E-state index contributed by atoms with van der Waals surface area (Å²) in [5.74, 6) is -2.97. The van der Waals surface area contributed by atoms with Gasteiger partial charge in [-0.05, 0) is 19.1 Å². The topological polar surface area (TPSA) is 133 Å². The van der Waals surface area contributed by atoms with E-state index in [0.29, 0.717) is 5.56 Å². The van der Waals surface area contributed by atoms with E-state index in [0.717, 1.165) is 0 Å². The largest absolute Gasteiger partial charge is 1.00 e. The van der Waals surface area contributed by atoms with E-state index in [1.54, 1.807) is 18.2 Å². The van der Waals surface area contributed by atoms with Crippen molar-refractivity contribution in [2.24, 2.45) is 5.92 Å². The summed E-state index contributed by atoms with van der Waals surface area (Å²) < 4.78 is 37.7. The van der Waals surface area contributed by atoms with E-state index in [1.165, 1.54) is 6.92 Å². The van der Waals surface area contributed by atoms with Gasteiger partial charge in [-0.1, -0.05) is 34.4 Å². The quantitative estimate of drug-likeness (QED) is 0.273. The Hall–Kier alpha value is -1.14. The Morgan fingerprint density at radius 2 is 1.96 bits per heavy atom.